The van der Waals surface area contributed by atoms with Gasteiger partial charge in [0.05, 0.1) is 16.3 Å². The van der Waals surface area contributed by atoms with Gasteiger partial charge < -0.3 is 15.8 Å². The summed E-state index contributed by atoms with van der Waals surface area (Å²) in [6, 6.07) is 4.92. The second-order valence-electron chi connectivity index (χ2n) is 4.69. The number of carbonyl (C=O) groups excluding carboxylic acids is 1. The zero-order valence-electron chi connectivity index (χ0n) is 10.2. The van der Waals surface area contributed by atoms with Gasteiger partial charge in [-0.3, -0.25) is 4.79 Å². The summed E-state index contributed by atoms with van der Waals surface area (Å²) < 4.78 is 5.35. The predicted octanol–water partition coefficient (Wildman–Crippen LogP) is 2.68. The van der Waals surface area contributed by atoms with E-state index in [1.54, 1.807) is 18.2 Å². The second-order valence-corrected chi connectivity index (χ2v) is 5.10. The number of nitrogens with one attached hydrogen (secondary N) is 1. The van der Waals surface area contributed by atoms with Crippen molar-refractivity contribution in [1.29, 1.82) is 0 Å². The van der Waals surface area contributed by atoms with Crippen LogP contribution in [0.4, 0.5) is 11.4 Å². The fraction of sp³-hybridized carbons (Fsp3) is 0.417. The van der Waals surface area contributed by atoms with E-state index in [0.29, 0.717) is 16.4 Å². The van der Waals surface area contributed by atoms with Gasteiger partial charge in [-0.1, -0.05) is 11.6 Å². The first-order valence-electron chi connectivity index (χ1n) is 5.27. The molecule has 0 aliphatic rings. The Morgan fingerprint density at radius 3 is 2.65 bits per heavy atom. The molecule has 0 saturated carbocycles. The number of nitrogens with two attached hydrogens (primary N) is 1. The molecule has 1 amide bonds. The molecule has 3 N–H and O–H groups in total. The van der Waals surface area contributed by atoms with Gasteiger partial charge in [-0.05, 0) is 39.0 Å². The van der Waals surface area contributed by atoms with E-state index >= 15 is 0 Å². The van der Waals surface area contributed by atoms with Crippen LogP contribution in [0.5, 0.6) is 0 Å². The zero-order valence-corrected chi connectivity index (χ0v) is 11.0. The molecule has 1 aromatic carbocycles. The Balaban J connectivity index is 2.57. The van der Waals surface area contributed by atoms with Crippen molar-refractivity contribution in [3.05, 3.63) is 23.2 Å². The van der Waals surface area contributed by atoms with Crippen molar-refractivity contribution in [3.8, 4) is 0 Å². The highest BCUT2D eigenvalue weighted by atomic mass is 35.5. The minimum absolute atomic E-state index is 0.00972. The molecule has 1 aromatic rings. The Kier molecular flexibility index (Phi) is 4.37. The van der Waals surface area contributed by atoms with Gasteiger partial charge in [0.1, 0.15) is 6.61 Å². The van der Waals surface area contributed by atoms with E-state index in [9.17, 15) is 4.79 Å². The molecule has 5 heteroatoms. The standard InChI is InChI=1S/C12H17ClN2O2/c1-12(2,3)17-7-11(16)15-10-5-4-8(14)6-9(10)13/h4-6H,7,14H2,1-3H3,(H,15,16). The van der Waals surface area contributed by atoms with Gasteiger partial charge in [-0.25, -0.2) is 0 Å². The maximum Gasteiger partial charge on any atom is 0.250 e. The average molecular weight is 257 g/mol. The average Bonchev–Trinajstić information content (AvgIpc) is 2.18. The Morgan fingerprint density at radius 1 is 1.47 bits per heavy atom. The minimum atomic E-state index is -0.345. The lowest BCUT2D eigenvalue weighted by atomic mass is 10.2. The van der Waals surface area contributed by atoms with Gasteiger partial charge in [0.25, 0.3) is 0 Å². The van der Waals surface area contributed by atoms with Gasteiger partial charge in [0, 0.05) is 5.69 Å². The highest BCUT2D eigenvalue weighted by molar-refractivity contribution is 6.34. The Bertz CT molecular complexity index is 413. The fourth-order valence-electron chi connectivity index (χ4n) is 1.10. The SMILES string of the molecule is CC(C)(C)OCC(=O)Nc1ccc(N)cc1Cl. The van der Waals surface area contributed by atoms with Crippen LogP contribution >= 0.6 is 11.6 Å². The van der Waals surface area contributed by atoms with Crippen molar-refractivity contribution in [2.45, 2.75) is 26.4 Å². The molecular weight excluding hydrogens is 240 g/mol. The van der Waals surface area contributed by atoms with Crippen LogP contribution in [0.15, 0.2) is 18.2 Å². The van der Waals surface area contributed by atoms with Crippen molar-refractivity contribution >= 4 is 28.9 Å². The molecule has 0 bridgehead atoms. The van der Waals surface area contributed by atoms with Crippen LogP contribution in [-0.2, 0) is 9.53 Å². The van der Waals surface area contributed by atoms with E-state index in [0.717, 1.165) is 0 Å². The van der Waals surface area contributed by atoms with E-state index < -0.39 is 0 Å². The summed E-state index contributed by atoms with van der Waals surface area (Å²) >= 11 is 5.93. The van der Waals surface area contributed by atoms with Crippen LogP contribution in [-0.4, -0.2) is 18.1 Å². The first kappa shape index (κ1) is 13.8. The molecule has 4 nitrogen and oxygen atoms in total. The molecule has 0 fully saturated rings. The van der Waals surface area contributed by atoms with Crippen molar-refractivity contribution in [2.24, 2.45) is 0 Å². The summed E-state index contributed by atoms with van der Waals surface area (Å²) in [6.45, 7) is 5.65. The highest BCUT2D eigenvalue weighted by Crippen LogP contribution is 2.23. The number of benzene rings is 1. The molecule has 0 saturated heterocycles. The van der Waals surface area contributed by atoms with Crippen LogP contribution in [0.3, 0.4) is 0 Å². The largest absolute Gasteiger partial charge is 0.399 e. The summed E-state index contributed by atoms with van der Waals surface area (Å²) in [5, 5.41) is 3.07. The summed E-state index contributed by atoms with van der Waals surface area (Å²) in [5.41, 5.74) is 6.29. The zero-order chi connectivity index (χ0) is 13.1. The summed E-state index contributed by atoms with van der Waals surface area (Å²) in [6.07, 6.45) is 0. The van der Waals surface area contributed by atoms with E-state index in [-0.39, 0.29) is 18.1 Å². The number of rotatable bonds is 3. The van der Waals surface area contributed by atoms with E-state index in [2.05, 4.69) is 5.32 Å². The molecule has 0 spiro atoms. The number of anilines is 2. The quantitative estimate of drug-likeness (QED) is 0.818. The Morgan fingerprint density at radius 2 is 2.12 bits per heavy atom. The van der Waals surface area contributed by atoms with Crippen LogP contribution in [0, 0.1) is 0 Å². The third kappa shape index (κ3) is 5.06. The van der Waals surface area contributed by atoms with Crippen molar-refractivity contribution < 1.29 is 9.53 Å². The van der Waals surface area contributed by atoms with Crippen molar-refractivity contribution in [1.82, 2.24) is 0 Å². The number of nitrogen functional groups attached to an aromatic ring is 1. The van der Waals surface area contributed by atoms with Crippen molar-refractivity contribution in [3.63, 3.8) is 0 Å². The lowest BCUT2D eigenvalue weighted by Crippen LogP contribution is -2.27. The molecule has 94 valence electrons. The molecule has 0 radical (unpaired) electrons. The normalized spacial score (nSPS) is 11.3. The lowest BCUT2D eigenvalue weighted by molar-refractivity contribution is -0.125. The van der Waals surface area contributed by atoms with E-state index in [4.69, 9.17) is 22.1 Å². The highest BCUT2D eigenvalue weighted by Gasteiger charge is 2.13. The van der Waals surface area contributed by atoms with Gasteiger partial charge in [0.2, 0.25) is 5.91 Å². The first-order chi connectivity index (χ1) is 7.78. The molecule has 0 aliphatic heterocycles. The Hall–Kier alpha value is -1.26. The van der Waals surface area contributed by atoms with Crippen LogP contribution in [0.25, 0.3) is 0 Å². The number of amides is 1. The number of carbonyl (C=O) groups is 1. The monoisotopic (exact) mass is 256 g/mol. The third-order valence-corrected chi connectivity index (χ3v) is 2.22. The maximum absolute atomic E-state index is 11.6. The first-order valence-corrected chi connectivity index (χ1v) is 5.64. The van der Waals surface area contributed by atoms with Gasteiger partial charge >= 0.3 is 0 Å². The summed E-state index contributed by atoms with van der Waals surface area (Å²) in [5.74, 6) is -0.244. The molecule has 0 aromatic heterocycles. The fourth-order valence-corrected chi connectivity index (χ4v) is 1.34. The second kappa shape index (κ2) is 5.38. The topological polar surface area (TPSA) is 64.3 Å². The van der Waals surface area contributed by atoms with Gasteiger partial charge in [-0.15, -0.1) is 0 Å². The van der Waals surface area contributed by atoms with Crippen molar-refractivity contribution in [2.75, 3.05) is 17.7 Å². The molecule has 1 rings (SSSR count). The molecule has 0 heterocycles. The lowest BCUT2D eigenvalue weighted by Gasteiger charge is -2.19. The number of ether oxygens (including phenoxy) is 1. The molecule has 0 atom stereocenters. The van der Waals surface area contributed by atoms with Crippen LogP contribution < -0.4 is 11.1 Å². The molecular formula is C12H17ClN2O2. The smallest absolute Gasteiger partial charge is 0.250 e. The molecule has 17 heavy (non-hydrogen) atoms. The summed E-state index contributed by atoms with van der Waals surface area (Å²) in [7, 11) is 0. The van der Waals surface area contributed by atoms with Gasteiger partial charge in [-0.2, -0.15) is 0 Å². The molecule has 0 aliphatic carbocycles. The van der Waals surface area contributed by atoms with Gasteiger partial charge in [0.15, 0.2) is 0 Å². The number of hydrogen-bond acceptors (Lipinski definition) is 3. The predicted molar refractivity (Wildman–Crippen MR) is 70.2 cm³/mol. The van der Waals surface area contributed by atoms with E-state index in [1.807, 2.05) is 20.8 Å². The van der Waals surface area contributed by atoms with E-state index in [1.165, 1.54) is 0 Å². The van der Waals surface area contributed by atoms with Crippen LogP contribution in [0.1, 0.15) is 20.8 Å². The van der Waals surface area contributed by atoms with Crippen LogP contribution in [0.2, 0.25) is 5.02 Å². The number of halogens is 1. The number of hydrogen-bond donors (Lipinski definition) is 2. The third-order valence-electron chi connectivity index (χ3n) is 1.90. The maximum atomic E-state index is 11.6. The summed E-state index contributed by atoms with van der Waals surface area (Å²) in [4.78, 5) is 11.6. The Labute approximate surface area is 106 Å². The molecule has 0 unspecified atom stereocenters. The minimum Gasteiger partial charge on any atom is -0.399 e.